The van der Waals surface area contributed by atoms with Crippen LogP contribution in [-0.4, -0.2) is 18.5 Å². The Hall–Kier alpha value is -0.570. The minimum absolute atomic E-state index is 0.000532. The van der Waals surface area contributed by atoms with E-state index in [0.717, 1.165) is 6.54 Å². The molecule has 1 fully saturated rings. The van der Waals surface area contributed by atoms with Crippen LogP contribution in [0.1, 0.15) is 40.0 Å². The van der Waals surface area contributed by atoms with E-state index in [2.05, 4.69) is 19.2 Å². The molecule has 1 amide bonds. The van der Waals surface area contributed by atoms with Crippen molar-refractivity contribution in [1.29, 1.82) is 0 Å². The molecule has 0 aromatic rings. The van der Waals surface area contributed by atoms with E-state index in [-0.39, 0.29) is 11.9 Å². The Bertz CT molecular complexity index is 209. The third-order valence-electron chi connectivity index (χ3n) is 3.51. The van der Waals surface area contributed by atoms with Crippen molar-refractivity contribution in [3.8, 4) is 0 Å². The standard InChI is InChI=1S/C11H22N2O/c1-4-9(12)10(14)13-7-11(5-6-11)8(2)3/h8-9H,4-7,12H2,1-3H3,(H,13,14). The van der Waals surface area contributed by atoms with Crippen molar-refractivity contribution in [2.75, 3.05) is 6.54 Å². The van der Waals surface area contributed by atoms with Crippen molar-refractivity contribution in [3.63, 3.8) is 0 Å². The molecule has 0 aromatic heterocycles. The van der Waals surface area contributed by atoms with Crippen molar-refractivity contribution in [2.45, 2.75) is 46.1 Å². The van der Waals surface area contributed by atoms with Gasteiger partial charge < -0.3 is 11.1 Å². The molecule has 0 heterocycles. The van der Waals surface area contributed by atoms with Crippen LogP contribution >= 0.6 is 0 Å². The van der Waals surface area contributed by atoms with Crippen LogP contribution in [0.2, 0.25) is 0 Å². The zero-order chi connectivity index (χ0) is 10.8. The summed E-state index contributed by atoms with van der Waals surface area (Å²) < 4.78 is 0. The lowest BCUT2D eigenvalue weighted by atomic mass is 9.92. The van der Waals surface area contributed by atoms with Crippen LogP contribution in [0.4, 0.5) is 0 Å². The highest BCUT2D eigenvalue weighted by Gasteiger charge is 2.45. The van der Waals surface area contributed by atoms with E-state index in [4.69, 9.17) is 5.73 Å². The minimum Gasteiger partial charge on any atom is -0.354 e. The molecule has 1 rings (SSSR count). The number of hydrogen-bond acceptors (Lipinski definition) is 2. The predicted octanol–water partition coefficient (Wildman–Crippen LogP) is 1.28. The number of carbonyl (C=O) groups is 1. The quantitative estimate of drug-likeness (QED) is 0.699. The van der Waals surface area contributed by atoms with Gasteiger partial charge >= 0.3 is 0 Å². The van der Waals surface area contributed by atoms with Gasteiger partial charge in [-0.2, -0.15) is 0 Å². The van der Waals surface area contributed by atoms with Crippen molar-refractivity contribution < 1.29 is 4.79 Å². The molecule has 0 spiro atoms. The Morgan fingerprint density at radius 3 is 2.43 bits per heavy atom. The molecule has 0 bridgehead atoms. The van der Waals surface area contributed by atoms with Gasteiger partial charge in [0.25, 0.3) is 0 Å². The highest BCUT2D eigenvalue weighted by atomic mass is 16.2. The third-order valence-corrected chi connectivity index (χ3v) is 3.51. The van der Waals surface area contributed by atoms with E-state index in [9.17, 15) is 4.79 Å². The van der Waals surface area contributed by atoms with Gasteiger partial charge in [-0.25, -0.2) is 0 Å². The van der Waals surface area contributed by atoms with Crippen molar-refractivity contribution in [2.24, 2.45) is 17.1 Å². The molecule has 3 nitrogen and oxygen atoms in total. The Morgan fingerprint density at radius 2 is 2.07 bits per heavy atom. The monoisotopic (exact) mass is 198 g/mol. The summed E-state index contributed by atoms with van der Waals surface area (Å²) in [5, 5.41) is 2.95. The Kier molecular flexibility index (Phi) is 3.53. The molecule has 0 radical (unpaired) electrons. The van der Waals surface area contributed by atoms with Gasteiger partial charge in [-0.05, 0) is 30.6 Å². The smallest absolute Gasteiger partial charge is 0.236 e. The van der Waals surface area contributed by atoms with Crippen LogP contribution in [0, 0.1) is 11.3 Å². The number of carbonyl (C=O) groups excluding carboxylic acids is 1. The van der Waals surface area contributed by atoms with Crippen LogP contribution in [0.5, 0.6) is 0 Å². The summed E-state index contributed by atoms with van der Waals surface area (Å²) in [6.45, 7) is 7.18. The average Bonchev–Trinajstić information content (AvgIpc) is 2.93. The molecule has 3 N–H and O–H groups in total. The zero-order valence-electron chi connectivity index (χ0n) is 9.47. The number of amides is 1. The fourth-order valence-electron chi connectivity index (χ4n) is 1.70. The Morgan fingerprint density at radius 1 is 1.50 bits per heavy atom. The largest absolute Gasteiger partial charge is 0.354 e. The lowest BCUT2D eigenvalue weighted by Crippen LogP contribution is -2.43. The number of nitrogens with one attached hydrogen (secondary N) is 1. The van der Waals surface area contributed by atoms with Crippen LogP contribution in [0.15, 0.2) is 0 Å². The molecule has 1 unspecified atom stereocenters. The molecule has 1 saturated carbocycles. The molecule has 3 heteroatoms. The van der Waals surface area contributed by atoms with Gasteiger partial charge in [-0.3, -0.25) is 4.79 Å². The van der Waals surface area contributed by atoms with Crippen LogP contribution in [-0.2, 0) is 4.79 Å². The molecule has 0 aromatic carbocycles. The Labute approximate surface area is 86.4 Å². The van der Waals surface area contributed by atoms with E-state index in [1.54, 1.807) is 0 Å². The van der Waals surface area contributed by atoms with Gasteiger partial charge in [0, 0.05) is 6.54 Å². The molecule has 0 aliphatic heterocycles. The summed E-state index contributed by atoms with van der Waals surface area (Å²) in [5.41, 5.74) is 6.01. The summed E-state index contributed by atoms with van der Waals surface area (Å²) in [6.07, 6.45) is 3.19. The molecule has 14 heavy (non-hydrogen) atoms. The number of rotatable bonds is 5. The maximum atomic E-state index is 11.4. The van der Waals surface area contributed by atoms with Gasteiger partial charge in [0.1, 0.15) is 0 Å². The molecule has 82 valence electrons. The molecule has 1 aliphatic carbocycles. The van der Waals surface area contributed by atoms with Crippen LogP contribution in [0.25, 0.3) is 0 Å². The van der Waals surface area contributed by atoms with Crippen molar-refractivity contribution in [1.82, 2.24) is 5.32 Å². The maximum Gasteiger partial charge on any atom is 0.236 e. The first-order valence-corrected chi connectivity index (χ1v) is 5.55. The molecule has 1 aliphatic rings. The van der Waals surface area contributed by atoms with E-state index < -0.39 is 0 Å². The molecule has 0 saturated heterocycles. The second-order valence-electron chi connectivity index (χ2n) is 4.75. The summed E-state index contributed by atoms with van der Waals surface area (Å²) in [6, 6.07) is -0.335. The van der Waals surface area contributed by atoms with Crippen LogP contribution < -0.4 is 11.1 Å². The van der Waals surface area contributed by atoms with Crippen LogP contribution in [0.3, 0.4) is 0 Å². The van der Waals surface area contributed by atoms with E-state index in [1.807, 2.05) is 6.92 Å². The third kappa shape index (κ3) is 2.47. The van der Waals surface area contributed by atoms with Gasteiger partial charge in [0.05, 0.1) is 6.04 Å². The molecular formula is C11H22N2O. The van der Waals surface area contributed by atoms with E-state index in [0.29, 0.717) is 17.8 Å². The summed E-state index contributed by atoms with van der Waals surface area (Å²) in [7, 11) is 0. The van der Waals surface area contributed by atoms with Crippen molar-refractivity contribution in [3.05, 3.63) is 0 Å². The lowest BCUT2D eigenvalue weighted by Gasteiger charge is -2.21. The highest BCUT2D eigenvalue weighted by Crippen LogP contribution is 2.51. The molecular weight excluding hydrogens is 176 g/mol. The number of hydrogen-bond donors (Lipinski definition) is 2. The topological polar surface area (TPSA) is 55.1 Å². The maximum absolute atomic E-state index is 11.4. The normalized spacial score (nSPS) is 20.6. The minimum atomic E-state index is -0.335. The highest BCUT2D eigenvalue weighted by molar-refractivity contribution is 5.81. The number of nitrogens with two attached hydrogens (primary N) is 1. The summed E-state index contributed by atoms with van der Waals surface area (Å²) in [5.74, 6) is 0.653. The lowest BCUT2D eigenvalue weighted by molar-refractivity contribution is -0.122. The van der Waals surface area contributed by atoms with Crippen molar-refractivity contribution >= 4 is 5.91 Å². The predicted molar refractivity (Wildman–Crippen MR) is 57.8 cm³/mol. The fraction of sp³-hybridized carbons (Fsp3) is 0.909. The van der Waals surface area contributed by atoms with Gasteiger partial charge in [0.2, 0.25) is 5.91 Å². The summed E-state index contributed by atoms with van der Waals surface area (Å²) in [4.78, 5) is 11.4. The fourth-order valence-corrected chi connectivity index (χ4v) is 1.70. The average molecular weight is 198 g/mol. The SMILES string of the molecule is CCC(N)C(=O)NCC1(C(C)C)CC1. The van der Waals surface area contributed by atoms with E-state index >= 15 is 0 Å². The second kappa shape index (κ2) is 4.30. The van der Waals surface area contributed by atoms with Gasteiger partial charge in [-0.1, -0.05) is 20.8 Å². The first-order chi connectivity index (χ1) is 6.52. The first-order valence-electron chi connectivity index (χ1n) is 5.55. The molecule has 1 atom stereocenters. The van der Waals surface area contributed by atoms with E-state index in [1.165, 1.54) is 12.8 Å². The van der Waals surface area contributed by atoms with Gasteiger partial charge in [-0.15, -0.1) is 0 Å². The Balaban J connectivity index is 2.30. The van der Waals surface area contributed by atoms with Gasteiger partial charge in [0.15, 0.2) is 0 Å². The zero-order valence-corrected chi connectivity index (χ0v) is 9.47. The summed E-state index contributed by atoms with van der Waals surface area (Å²) >= 11 is 0. The second-order valence-corrected chi connectivity index (χ2v) is 4.75. The first kappa shape index (κ1) is 11.5.